The Labute approximate surface area is 172 Å². The lowest BCUT2D eigenvalue weighted by Gasteiger charge is -2.15. The number of Topliss-reactive ketones (excluding diaryl/α,β-unsaturated/α-hetero) is 1. The first-order valence-electron chi connectivity index (χ1n) is 9.18. The van der Waals surface area contributed by atoms with Crippen molar-refractivity contribution >= 4 is 21.8 Å². The van der Waals surface area contributed by atoms with Gasteiger partial charge in [0.05, 0.1) is 10.5 Å². The van der Waals surface area contributed by atoms with E-state index in [4.69, 9.17) is 4.74 Å². The van der Waals surface area contributed by atoms with Gasteiger partial charge >= 0.3 is 5.97 Å². The standard InChI is InChI=1S/C22H27NO5S/c1-13-8-9-18(29(26,27)23(6)7)11-19(13)22(25)28-12-21(24)20-10-14(2)15(3)16(4)17(20)5/h8-11H,12H2,1-7H3. The molecular formula is C22H27NO5S. The molecule has 0 aliphatic heterocycles. The fraction of sp³-hybridized carbons (Fsp3) is 0.364. The number of nitrogens with zero attached hydrogens (tertiary/aromatic N) is 1. The summed E-state index contributed by atoms with van der Waals surface area (Å²) in [6.45, 7) is 9.04. The number of carbonyl (C=O) groups is 2. The topological polar surface area (TPSA) is 80.8 Å². The number of ether oxygens (including phenoxy) is 1. The Kier molecular flexibility index (Phi) is 6.65. The number of hydrogen-bond acceptors (Lipinski definition) is 5. The Morgan fingerprint density at radius 1 is 0.862 bits per heavy atom. The van der Waals surface area contributed by atoms with Crippen molar-refractivity contribution in [3.8, 4) is 0 Å². The van der Waals surface area contributed by atoms with Gasteiger partial charge in [-0.3, -0.25) is 4.79 Å². The van der Waals surface area contributed by atoms with E-state index in [0.717, 1.165) is 26.6 Å². The first-order valence-corrected chi connectivity index (χ1v) is 10.6. The quantitative estimate of drug-likeness (QED) is 0.531. The molecule has 2 aromatic carbocycles. The van der Waals surface area contributed by atoms with Crippen molar-refractivity contribution in [2.75, 3.05) is 20.7 Å². The van der Waals surface area contributed by atoms with Crippen molar-refractivity contribution in [3.05, 3.63) is 63.2 Å². The molecular weight excluding hydrogens is 390 g/mol. The first kappa shape index (κ1) is 22.8. The minimum absolute atomic E-state index is 0.00740. The zero-order valence-corrected chi connectivity index (χ0v) is 18.7. The van der Waals surface area contributed by atoms with Gasteiger partial charge in [0.2, 0.25) is 15.8 Å². The normalized spacial score (nSPS) is 11.6. The Balaban J connectivity index is 2.25. The number of hydrogen-bond donors (Lipinski definition) is 0. The summed E-state index contributed by atoms with van der Waals surface area (Å²) >= 11 is 0. The minimum atomic E-state index is -3.68. The maximum absolute atomic E-state index is 12.6. The zero-order chi connectivity index (χ0) is 22.1. The van der Waals surface area contributed by atoms with Gasteiger partial charge in [0.1, 0.15) is 0 Å². The van der Waals surface area contributed by atoms with Gasteiger partial charge < -0.3 is 4.74 Å². The lowest BCUT2D eigenvalue weighted by Crippen LogP contribution is -2.23. The van der Waals surface area contributed by atoms with Gasteiger partial charge in [-0.25, -0.2) is 17.5 Å². The van der Waals surface area contributed by atoms with Gasteiger partial charge in [0.15, 0.2) is 6.61 Å². The fourth-order valence-corrected chi connectivity index (χ4v) is 3.91. The van der Waals surface area contributed by atoms with E-state index >= 15 is 0 Å². The summed E-state index contributed by atoms with van der Waals surface area (Å²) in [5.41, 5.74) is 5.25. The Morgan fingerprint density at radius 2 is 1.48 bits per heavy atom. The highest BCUT2D eigenvalue weighted by molar-refractivity contribution is 7.89. The largest absolute Gasteiger partial charge is 0.454 e. The van der Waals surface area contributed by atoms with Crippen molar-refractivity contribution in [2.24, 2.45) is 0 Å². The number of ketones is 1. The van der Waals surface area contributed by atoms with E-state index < -0.39 is 22.6 Å². The molecule has 29 heavy (non-hydrogen) atoms. The van der Waals surface area contributed by atoms with Crippen LogP contribution in [0.25, 0.3) is 0 Å². The number of esters is 1. The second-order valence-corrected chi connectivity index (χ2v) is 9.53. The summed E-state index contributed by atoms with van der Waals surface area (Å²) in [6.07, 6.45) is 0. The number of sulfonamides is 1. The van der Waals surface area contributed by atoms with E-state index in [2.05, 4.69) is 0 Å². The lowest BCUT2D eigenvalue weighted by molar-refractivity contribution is 0.0473. The van der Waals surface area contributed by atoms with Crippen LogP contribution in [0.3, 0.4) is 0 Å². The molecule has 0 heterocycles. The third-order valence-corrected chi connectivity index (χ3v) is 7.13. The molecule has 0 atom stereocenters. The number of aryl methyl sites for hydroxylation is 2. The SMILES string of the molecule is Cc1ccc(S(=O)(=O)N(C)C)cc1C(=O)OCC(=O)c1cc(C)c(C)c(C)c1C. The molecule has 0 aromatic heterocycles. The molecule has 6 nitrogen and oxygen atoms in total. The molecule has 0 unspecified atom stereocenters. The van der Waals surface area contributed by atoms with E-state index in [-0.39, 0.29) is 16.2 Å². The molecule has 2 aromatic rings. The molecule has 0 aliphatic rings. The van der Waals surface area contributed by atoms with Gasteiger partial charge in [0, 0.05) is 19.7 Å². The van der Waals surface area contributed by atoms with Crippen LogP contribution < -0.4 is 0 Å². The van der Waals surface area contributed by atoms with Crippen LogP contribution in [0.4, 0.5) is 0 Å². The highest BCUT2D eigenvalue weighted by Crippen LogP contribution is 2.22. The van der Waals surface area contributed by atoms with Gasteiger partial charge in [-0.05, 0) is 80.6 Å². The van der Waals surface area contributed by atoms with E-state index in [1.807, 2.05) is 33.8 Å². The average molecular weight is 418 g/mol. The van der Waals surface area contributed by atoms with Gasteiger partial charge in [-0.15, -0.1) is 0 Å². The molecule has 0 radical (unpaired) electrons. The smallest absolute Gasteiger partial charge is 0.338 e. The molecule has 0 bridgehead atoms. The van der Waals surface area contributed by atoms with Crippen molar-refractivity contribution in [1.82, 2.24) is 4.31 Å². The Hall–Kier alpha value is -2.51. The predicted molar refractivity (Wildman–Crippen MR) is 112 cm³/mol. The van der Waals surface area contributed by atoms with E-state index in [1.54, 1.807) is 13.0 Å². The lowest BCUT2D eigenvalue weighted by atomic mass is 9.93. The zero-order valence-electron chi connectivity index (χ0n) is 17.9. The van der Waals surface area contributed by atoms with Crippen LogP contribution in [0, 0.1) is 34.6 Å². The van der Waals surface area contributed by atoms with Crippen LogP contribution >= 0.6 is 0 Å². The monoisotopic (exact) mass is 417 g/mol. The summed E-state index contributed by atoms with van der Waals surface area (Å²) in [7, 11) is -0.852. The van der Waals surface area contributed by atoms with Crippen LogP contribution in [0.15, 0.2) is 29.2 Å². The maximum Gasteiger partial charge on any atom is 0.338 e. The van der Waals surface area contributed by atoms with Gasteiger partial charge in [0.25, 0.3) is 0 Å². The number of benzene rings is 2. The molecule has 0 amide bonds. The summed E-state index contributed by atoms with van der Waals surface area (Å²) in [5, 5.41) is 0. The second kappa shape index (κ2) is 8.47. The third-order valence-electron chi connectivity index (χ3n) is 5.32. The summed E-state index contributed by atoms with van der Waals surface area (Å²) in [5.74, 6) is -1.03. The third kappa shape index (κ3) is 4.57. The minimum Gasteiger partial charge on any atom is -0.454 e. The number of rotatable bonds is 6. The van der Waals surface area contributed by atoms with Crippen molar-refractivity contribution < 1.29 is 22.7 Å². The van der Waals surface area contributed by atoms with Gasteiger partial charge in [-0.1, -0.05) is 6.07 Å². The van der Waals surface area contributed by atoms with E-state index in [1.165, 1.54) is 26.2 Å². The highest BCUT2D eigenvalue weighted by Gasteiger charge is 2.22. The Morgan fingerprint density at radius 3 is 2.07 bits per heavy atom. The molecule has 0 spiro atoms. The van der Waals surface area contributed by atoms with Crippen LogP contribution in [0.5, 0.6) is 0 Å². The van der Waals surface area contributed by atoms with Crippen molar-refractivity contribution in [2.45, 2.75) is 39.5 Å². The van der Waals surface area contributed by atoms with Gasteiger partial charge in [-0.2, -0.15) is 0 Å². The molecule has 0 N–H and O–H groups in total. The average Bonchev–Trinajstić information content (AvgIpc) is 2.66. The molecule has 0 saturated carbocycles. The van der Waals surface area contributed by atoms with Crippen molar-refractivity contribution in [1.29, 1.82) is 0 Å². The molecule has 0 aliphatic carbocycles. The Bertz CT molecular complexity index is 1080. The molecule has 156 valence electrons. The van der Waals surface area contributed by atoms with Crippen LogP contribution in [-0.4, -0.2) is 45.2 Å². The van der Waals surface area contributed by atoms with Crippen LogP contribution in [-0.2, 0) is 14.8 Å². The molecule has 7 heteroatoms. The summed E-state index contributed by atoms with van der Waals surface area (Å²) in [6, 6.07) is 6.08. The second-order valence-electron chi connectivity index (χ2n) is 7.38. The number of carbonyl (C=O) groups excluding carboxylic acids is 2. The molecule has 2 rings (SSSR count). The van der Waals surface area contributed by atoms with Crippen molar-refractivity contribution in [3.63, 3.8) is 0 Å². The van der Waals surface area contributed by atoms with Crippen LogP contribution in [0.1, 0.15) is 48.5 Å². The van der Waals surface area contributed by atoms with Crippen LogP contribution in [0.2, 0.25) is 0 Å². The summed E-state index contributed by atoms with van der Waals surface area (Å²) < 4.78 is 30.9. The maximum atomic E-state index is 12.6. The fourth-order valence-electron chi connectivity index (χ4n) is 2.98. The van der Waals surface area contributed by atoms with E-state index in [9.17, 15) is 18.0 Å². The molecule has 0 fully saturated rings. The summed E-state index contributed by atoms with van der Waals surface area (Å²) in [4.78, 5) is 25.2. The first-order chi connectivity index (χ1) is 13.4. The molecule has 0 saturated heterocycles. The predicted octanol–water partition coefficient (Wildman–Crippen LogP) is 3.52. The highest BCUT2D eigenvalue weighted by atomic mass is 32.2. The van der Waals surface area contributed by atoms with E-state index in [0.29, 0.717) is 11.1 Å².